The smallest absolute Gasteiger partial charge is 0.243 e. The Balaban J connectivity index is 1.51. The number of piperazine rings is 1. The van der Waals surface area contributed by atoms with Crippen molar-refractivity contribution in [3.8, 4) is 5.75 Å². The molecule has 2 aromatic carbocycles. The molecule has 1 fully saturated rings. The zero-order valence-corrected chi connectivity index (χ0v) is 15.9. The summed E-state index contributed by atoms with van der Waals surface area (Å²) in [6, 6.07) is 10.5. The van der Waals surface area contributed by atoms with E-state index in [4.69, 9.17) is 4.74 Å². The molecular formula is C19H22F2N2O3S. The Labute approximate surface area is 158 Å². The Bertz CT molecular complexity index is 898. The Morgan fingerprint density at radius 2 is 1.74 bits per heavy atom. The molecule has 1 aliphatic heterocycles. The molecular weight excluding hydrogens is 374 g/mol. The third-order valence-corrected chi connectivity index (χ3v) is 6.42. The van der Waals surface area contributed by atoms with Crippen molar-refractivity contribution in [2.45, 2.75) is 11.8 Å². The van der Waals surface area contributed by atoms with E-state index in [2.05, 4.69) is 4.90 Å². The predicted octanol–water partition coefficient (Wildman–Crippen LogP) is 2.66. The van der Waals surface area contributed by atoms with Crippen LogP contribution in [-0.2, 0) is 10.0 Å². The number of sulfonamides is 1. The summed E-state index contributed by atoms with van der Waals surface area (Å²) < 4.78 is 58.6. The molecule has 0 N–H and O–H groups in total. The lowest BCUT2D eigenvalue weighted by atomic mass is 10.2. The van der Waals surface area contributed by atoms with E-state index in [9.17, 15) is 17.2 Å². The number of benzene rings is 2. The van der Waals surface area contributed by atoms with Crippen molar-refractivity contribution in [3.05, 3.63) is 59.7 Å². The zero-order chi connectivity index (χ0) is 19.4. The van der Waals surface area contributed by atoms with Crippen LogP contribution >= 0.6 is 0 Å². The summed E-state index contributed by atoms with van der Waals surface area (Å²) in [7, 11) is -3.82. The first-order chi connectivity index (χ1) is 12.9. The van der Waals surface area contributed by atoms with Gasteiger partial charge in [-0.1, -0.05) is 12.1 Å². The number of nitrogens with zero attached hydrogens (tertiary/aromatic N) is 2. The maximum atomic E-state index is 13.4. The van der Waals surface area contributed by atoms with Gasteiger partial charge in [-0.05, 0) is 42.8 Å². The van der Waals surface area contributed by atoms with E-state index in [0.717, 1.165) is 29.5 Å². The Morgan fingerprint density at radius 1 is 1.00 bits per heavy atom. The van der Waals surface area contributed by atoms with Crippen LogP contribution in [0.3, 0.4) is 0 Å². The standard InChI is InChI=1S/C19H22F2N2O3S/c1-15-3-2-4-16(13-15)26-12-11-22-7-9-23(10-8-22)27(24,25)17-5-6-18(20)19(21)14-17/h2-6,13-14H,7-12H2,1H3. The molecule has 0 spiro atoms. The molecule has 1 heterocycles. The Morgan fingerprint density at radius 3 is 2.41 bits per heavy atom. The maximum Gasteiger partial charge on any atom is 0.243 e. The van der Waals surface area contributed by atoms with Gasteiger partial charge in [0.2, 0.25) is 10.0 Å². The van der Waals surface area contributed by atoms with Crippen molar-refractivity contribution in [1.82, 2.24) is 9.21 Å². The van der Waals surface area contributed by atoms with E-state index in [1.54, 1.807) is 0 Å². The van der Waals surface area contributed by atoms with E-state index in [1.165, 1.54) is 4.31 Å². The lowest BCUT2D eigenvalue weighted by Gasteiger charge is -2.33. The van der Waals surface area contributed by atoms with Crippen molar-refractivity contribution in [2.24, 2.45) is 0 Å². The fourth-order valence-electron chi connectivity index (χ4n) is 2.98. The van der Waals surface area contributed by atoms with Gasteiger partial charge in [0, 0.05) is 32.7 Å². The summed E-state index contributed by atoms with van der Waals surface area (Å²) in [5.74, 6) is -1.41. The minimum absolute atomic E-state index is 0.224. The van der Waals surface area contributed by atoms with Gasteiger partial charge < -0.3 is 4.74 Å². The number of hydrogen-bond donors (Lipinski definition) is 0. The van der Waals surface area contributed by atoms with E-state index in [0.29, 0.717) is 39.3 Å². The lowest BCUT2D eigenvalue weighted by molar-refractivity contribution is 0.159. The van der Waals surface area contributed by atoms with Crippen LogP contribution in [0, 0.1) is 18.6 Å². The van der Waals surface area contributed by atoms with Crippen molar-refractivity contribution in [2.75, 3.05) is 39.3 Å². The molecule has 2 aromatic rings. The van der Waals surface area contributed by atoms with Gasteiger partial charge in [-0.15, -0.1) is 0 Å². The van der Waals surface area contributed by atoms with Crippen LogP contribution in [-0.4, -0.2) is 57.0 Å². The molecule has 0 aliphatic carbocycles. The number of aryl methyl sites for hydroxylation is 1. The molecule has 1 saturated heterocycles. The van der Waals surface area contributed by atoms with E-state index in [-0.39, 0.29) is 4.90 Å². The molecule has 0 radical (unpaired) electrons. The van der Waals surface area contributed by atoms with Crippen LogP contribution in [0.4, 0.5) is 8.78 Å². The van der Waals surface area contributed by atoms with Gasteiger partial charge in [0.15, 0.2) is 11.6 Å². The second kappa shape index (κ2) is 8.33. The molecule has 146 valence electrons. The zero-order valence-electron chi connectivity index (χ0n) is 15.1. The summed E-state index contributed by atoms with van der Waals surface area (Å²) in [5.41, 5.74) is 1.13. The second-order valence-corrected chi connectivity index (χ2v) is 8.42. The highest BCUT2D eigenvalue weighted by Crippen LogP contribution is 2.20. The highest BCUT2D eigenvalue weighted by atomic mass is 32.2. The van der Waals surface area contributed by atoms with Crippen LogP contribution in [0.15, 0.2) is 47.4 Å². The first kappa shape index (κ1) is 19.7. The lowest BCUT2D eigenvalue weighted by Crippen LogP contribution is -2.49. The van der Waals surface area contributed by atoms with E-state index in [1.807, 2.05) is 31.2 Å². The molecule has 27 heavy (non-hydrogen) atoms. The van der Waals surface area contributed by atoms with Gasteiger partial charge >= 0.3 is 0 Å². The maximum absolute atomic E-state index is 13.4. The molecule has 8 heteroatoms. The average Bonchev–Trinajstić information content (AvgIpc) is 2.64. The van der Waals surface area contributed by atoms with Crippen LogP contribution in [0.5, 0.6) is 5.75 Å². The molecule has 1 aliphatic rings. The van der Waals surface area contributed by atoms with Crippen LogP contribution in [0.25, 0.3) is 0 Å². The highest BCUT2D eigenvalue weighted by Gasteiger charge is 2.29. The molecule has 0 aromatic heterocycles. The minimum Gasteiger partial charge on any atom is -0.492 e. The number of hydrogen-bond acceptors (Lipinski definition) is 4. The van der Waals surface area contributed by atoms with Crippen molar-refractivity contribution in [1.29, 1.82) is 0 Å². The first-order valence-electron chi connectivity index (χ1n) is 8.73. The van der Waals surface area contributed by atoms with Gasteiger partial charge in [0.25, 0.3) is 0 Å². The third-order valence-electron chi connectivity index (χ3n) is 4.53. The number of ether oxygens (including phenoxy) is 1. The van der Waals surface area contributed by atoms with Crippen molar-refractivity contribution < 1.29 is 21.9 Å². The fourth-order valence-corrected chi connectivity index (χ4v) is 4.41. The summed E-state index contributed by atoms with van der Waals surface area (Å²) in [4.78, 5) is 1.89. The Kier molecular flexibility index (Phi) is 6.08. The normalized spacial score (nSPS) is 16.4. The summed E-state index contributed by atoms with van der Waals surface area (Å²) in [5, 5.41) is 0. The molecule has 5 nitrogen and oxygen atoms in total. The van der Waals surface area contributed by atoms with Crippen LogP contribution < -0.4 is 4.74 Å². The SMILES string of the molecule is Cc1cccc(OCCN2CCN(S(=O)(=O)c3ccc(F)c(F)c3)CC2)c1. The monoisotopic (exact) mass is 396 g/mol. The largest absolute Gasteiger partial charge is 0.492 e. The van der Waals surface area contributed by atoms with E-state index < -0.39 is 21.7 Å². The molecule has 0 atom stereocenters. The summed E-state index contributed by atoms with van der Waals surface area (Å²) >= 11 is 0. The number of halogens is 2. The topological polar surface area (TPSA) is 49.9 Å². The van der Waals surface area contributed by atoms with E-state index >= 15 is 0 Å². The van der Waals surface area contributed by atoms with Gasteiger partial charge in [-0.25, -0.2) is 17.2 Å². The van der Waals surface area contributed by atoms with Crippen LogP contribution in [0.1, 0.15) is 5.56 Å². The summed E-state index contributed by atoms with van der Waals surface area (Å²) in [6.07, 6.45) is 0. The average molecular weight is 396 g/mol. The number of rotatable bonds is 6. The van der Waals surface area contributed by atoms with Crippen molar-refractivity contribution >= 4 is 10.0 Å². The summed E-state index contributed by atoms with van der Waals surface area (Å²) in [6.45, 7) is 4.91. The first-order valence-corrected chi connectivity index (χ1v) is 10.2. The van der Waals surface area contributed by atoms with Gasteiger partial charge in [0.1, 0.15) is 12.4 Å². The van der Waals surface area contributed by atoms with Crippen LogP contribution in [0.2, 0.25) is 0 Å². The second-order valence-electron chi connectivity index (χ2n) is 6.49. The highest BCUT2D eigenvalue weighted by molar-refractivity contribution is 7.89. The third kappa shape index (κ3) is 4.82. The minimum atomic E-state index is -3.82. The van der Waals surface area contributed by atoms with Gasteiger partial charge in [0.05, 0.1) is 4.90 Å². The fraction of sp³-hybridized carbons (Fsp3) is 0.368. The van der Waals surface area contributed by atoms with Crippen molar-refractivity contribution in [3.63, 3.8) is 0 Å². The molecule has 0 amide bonds. The Hall–Kier alpha value is -2.03. The quantitative estimate of drug-likeness (QED) is 0.753. The molecule has 0 unspecified atom stereocenters. The predicted molar refractivity (Wildman–Crippen MR) is 98.2 cm³/mol. The van der Waals surface area contributed by atoms with Gasteiger partial charge in [-0.2, -0.15) is 4.31 Å². The van der Waals surface area contributed by atoms with Gasteiger partial charge in [-0.3, -0.25) is 4.90 Å². The molecule has 0 bridgehead atoms. The molecule has 3 rings (SSSR count). The molecule has 0 saturated carbocycles.